The second-order valence-corrected chi connectivity index (χ2v) is 5.29. The molecule has 0 bridgehead atoms. The zero-order valence-corrected chi connectivity index (χ0v) is 13.0. The summed E-state index contributed by atoms with van der Waals surface area (Å²) in [5.41, 5.74) is 2.79. The predicted molar refractivity (Wildman–Crippen MR) is 85.4 cm³/mol. The number of halogens is 2. The lowest BCUT2D eigenvalue weighted by atomic mass is 9.99. The average molecular weight is 308 g/mol. The Labute approximate surface area is 129 Å². The highest BCUT2D eigenvalue weighted by atomic mass is 35.5. The normalized spacial score (nSPS) is 10.7. The Morgan fingerprint density at radius 3 is 2.67 bits per heavy atom. The lowest BCUT2D eigenvalue weighted by Crippen LogP contribution is -2.14. The Bertz CT molecular complexity index is 595. The summed E-state index contributed by atoms with van der Waals surface area (Å²) in [6, 6.07) is 10.4. The van der Waals surface area contributed by atoms with Gasteiger partial charge in [-0.1, -0.05) is 24.6 Å². The third-order valence-electron chi connectivity index (χ3n) is 3.23. The van der Waals surface area contributed by atoms with Gasteiger partial charge >= 0.3 is 0 Å². The van der Waals surface area contributed by atoms with Gasteiger partial charge in [0.05, 0.1) is 7.11 Å². The maximum Gasteiger partial charge on any atom is 0.125 e. The van der Waals surface area contributed by atoms with Crippen molar-refractivity contribution in [2.24, 2.45) is 0 Å². The van der Waals surface area contributed by atoms with Crippen molar-refractivity contribution in [3.63, 3.8) is 0 Å². The molecule has 0 saturated carbocycles. The molecule has 0 aliphatic heterocycles. The number of ether oxygens (including phenoxy) is 1. The van der Waals surface area contributed by atoms with Gasteiger partial charge < -0.3 is 10.1 Å². The molecule has 2 aromatic rings. The zero-order chi connectivity index (χ0) is 15.2. The molecule has 0 saturated heterocycles. The topological polar surface area (TPSA) is 21.3 Å². The molecular formula is C17H19ClFNO. The van der Waals surface area contributed by atoms with Gasteiger partial charge in [-0.25, -0.2) is 4.39 Å². The van der Waals surface area contributed by atoms with Crippen LogP contribution >= 0.6 is 11.6 Å². The van der Waals surface area contributed by atoms with Gasteiger partial charge in [0.15, 0.2) is 0 Å². The fraction of sp³-hybridized carbons (Fsp3) is 0.294. The van der Waals surface area contributed by atoms with E-state index in [9.17, 15) is 4.39 Å². The molecule has 0 heterocycles. The number of methoxy groups -OCH3 is 1. The predicted octanol–water partition coefficient (Wildman–Crippen LogP) is 4.65. The van der Waals surface area contributed by atoms with Gasteiger partial charge in [0.25, 0.3) is 0 Å². The lowest BCUT2D eigenvalue weighted by Gasteiger charge is -2.13. The molecule has 0 amide bonds. The van der Waals surface area contributed by atoms with Gasteiger partial charge in [0.2, 0.25) is 0 Å². The van der Waals surface area contributed by atoms with Crippen LogP contribution < -0.4 is 10.1 Å². The molecule has 0 spiro atoms. The van der Waals surface area contributed by atoms with Crippen LogP contribution in [-0.2, 0) is 6.54 Å². The molecule has 0 aromatic heterocycles. The number of nitrogens with one attached hydrogen (secondary N) is 1. The molecule has 0 aliphatic carbocycles. The van der Waals surface area contributed by atoms with Gasteiger partial charge in [-0.15, -0.1) is 0 Å². The summed E-state index contributed by atoms with van der Waals surface area (Å²) in [5.74, 6) is 0.454. The Balaban J connectivity index is 2.40. The summed E-state index contributed by atoms with van der Waals surface area (Å²) in [7, 11) is 1.64. The van der Waals surface area contributed by atoms with Crippen molar-refractivity contribution in [2.75, 3.05) is 13.7 Å². The van der Waals surface area contributed by atoms with Gasteiger partial charge in [0, 0.05) is 11.6 Å². The number of benzene rings is 2. The van der Waals surface area contributed by atoms with E-state index in [0.717, 1.165) is 35.4 Å². The van der Waals surface area contributed by atoms with Crippen LogP contribution in [0.4, 0.5) is 4.39 Å². The Morgan fingerprint density at radius 1 is 1.19 bits per heavy atom. The molecule has 4 heteroatoms. The van der Waals surface area contributed by atoms with Crippen molar-refractivity contribution >= 4 is 11.6 Å². The van der Waals surface area contributed by atoms with E-state index in [4.69, 9.17) is 16.3 Å². The molecule has 21 heavy (non-hydrogen) atoms. The monoisotopic (exact) mass is 307 g/mol. The summed E-state index contributed by atoms with van der Waals surface area (Å²) >= 11 is 5.96. The summed E-state index contributed by atoms with van der Waals surface area (Å²) in [6.45, 7) is 3.75. The van der Waals surface area contributed by atoms with Gasteiger partial charge in [-0.05, 0) is 60.0 Å². The average Bonchev–Trinajstić information content (AvgIpc) is 2.46. The van der Waals surface area contributed by atoms with Gasteiger partial charge in [-0.3, -0.25) is 0 Å². The van der Waals surface area contributed by atoms with Crippen molar-refractivity contribution in [2.45, 2.75) is 19.9 Å². The van der Waals surface area contributed by atoms with Crippen LogP contribution in [0.2, 0.25) is 5.02 Å². The first kappa shape index (κ1) is 15.8. The number of hydrogen-bond acceptors (Lipinski definition) is 2. The number of rotatable bonds is 6. The van der Waals surface area contributed by atoms with Gasteiger partial charge in [-0.2, -0.15) is 0 Å². The SMILES string of the molecule is CCCNCc1cc(OC)ccc1-c1cc(F)cc(Cl)c1. The van der Waals surface area contributed by atoms with E-state index in [1.54, 1.807) is 13.2 Å². The van der Waals surface area contributed by atoms with E-state index < -0.39 is 0 Å². The van der Waals surface area contributed by atoms with Crippen LogP contribution in [0.5, 0.6) is 5.75 Å². The highest BCUT2D eigenvalue weighted by Crippen LogP contribution is 2.30. The molecule has 0 unspecified atom stereocenters. The third-order valence-corrected chi connectivity index (χ3v) is 3.45. The zero-order valence-electron chi connectivity index (χ0n) is 12.2. The molecular weight excluding hydrogens is 289 g/mol. The van der Waals surface area contributed by atoms with E-state index >= 15 is 0 Å². The van der Waals surface area contributed by atoms with Crippen LogP contribution in [0.15, 0.2) is 36.4 Å². The standard InChI is InChI=1S/C17H19ClFNO/c1-3-6-20-11-13-9-16(21-2)4-5-17(13)12-7-14(18)10-15(19)8-12/h4-5,7-10,20H,3,6,11H2,1-2H3. The maximum atomic E-state index is 13.6. The molecule has 2 nitrogen and oxygen atoms in total. The van der Waals surface area contributed by atoms with Crippen LogP contribution in [0.25, 0.3) is 11.1 Å². The fourth-order valence-corrected chi connectivity index (χ4v) is 2.46. The molecule has 0 fully saturated rings. The van der Waals surface area contributed by atoms with Crippen molar-refractivity contribution in [1.29, 1.82) is 0 Å². The van der Waals surface area contributed by atoms with Crippen LogP contribution in [0, 0.1) is 5.82 Å². The van der Waals surface area contributed by atoms with E-state index in [1.165, 1.54) is 12.1 Å². The lowest BCUT2D eigenvalue weighted by molar-refractivity contribution is 0.414. The Kier molecular flexibility index (Phi) is 5.59. The summed E-state index contributed by atoms with van der Waals surface area (Å²) in [5, 5.41) is 3.76. The smallest absolute Gasteiger partial charge is 0.125 e. The van der Waals surface area contributed by atoms with E-state index in [-0.39, 0.29) is 5.82 Å². The molecule has 0 radical (unpaired) electrons. The first-order chi connectivity index (χ1) is 10.1. The van der Waals surface area contributed by atoms with Crippen molar-refractivity contribution in [1.82, 2.24) is 5.32 Å². The minimum absolute atomic E-state index is 0.333. The van der Waals surface area contributed by atoms with Crippen LogP contribution in [0.1, 0.15) is 18.9 Å². The molecule has 2 aromatic carbocycles. The van der Waals surface area contributed by atoms with Crippen molar-refractivity contribution in [3.05, 3.63) is 52.8 Å². The van der Waals surface area contributed by atoms with Gasteiger partial charge in [0.1, 0.15) is 11.6 Å². The largest absolute Gasteiger partial charge is 0.497 e. The summed E-state index contributed by atoms with van der Waals surface area (Å²) < 4.78 is 18.8. The molecule has 1 N–H and O–H groups in total. The molecule has 0 aliphatic rings. The second kappa shape index (κ2) is 7.43. The number of hydrogen-bond donors (Lipinski definition) is 1. The van der Waals surface area contributed by atoms with Crippen LogP contribution in [0.3, 0.4) is 0 Å². The first-order valence-electron chi connectivity index (χ1n) is 6.98. The van der Waals surface area contributed by atoms with Crippen molar-refractivity contribution in [3.8, 4) is 16.9 Å². The Hall–Kier alpha value is -1.58. The third kappa shape index (κ3) is 4.19. The minimum atomic E-state index is -0.333. The fourth-order valence-electron chi connectivity index (χ4n) is 2.23. The van der Waals surface area contributed by atoms with Crippen molar-refractivity contribution < 1.29 is 9.13 Å². The summed E-state index contributed by atoms with van der Waals surface area (Å²) in [4.78, 5) is 0. The molecule has 0 atom stereocenters. The highest BCUT2D eigenvalue weighted by molar-refractivity contribution is 6.30. The van der Waals surface area contributed by atoms with E-state index in [1.807, 2.05) is 18.2 Å². The maximum absolute atomic E-state index is 13.6. The highest BCUT2D eigenvalue weighted by Gasteiger charge is 2.09. The Morgan fingerprint density at radius 2 is 2.00 bits per heavy atom. The summed E-state index contributed by atoms with van der Waals surface area (Å²) in [6.07, 6.45) is 1.06. The first-order valence-corrected chi connectivity index (χ1v) is 7.36. The quantitative estimate of drug-likeness (QED) is 0.784. The van der Waals surface area contributed by atoms with Crippen LogP contribution in [-0.4, -0.2) is 13.7 Å². The molecule has 112 valence electrons. The van der Waals surface area contributed by atoms with E-state index in [0.29, 0.717) is 11.6 Å². The van der Waals surface area contributed by atoms with E-state index in [2.05, 4.69) is 12.2 Å². The minimum Gasteiger partial charge on any atom is -0.497 e. The second-order valence-electron chi connectivity index (χ2n) is 4.86. The molecule has 2 rings (SSSR count).